The van der Waals surface area contributed by atoms with Crippen LogP contribution in [0, 0.1) is 5.82 Å². The van der Waals surface area contributed by atoms with E-state index in [1.807, 2.05) is 12.1 Å². The summed E-state index contributed by atoms with van der Waals surface area (Å²) in [6.07, 6.45) is 2.84. The van der Waals surface area contributed by atoms with E-state index in [4.69, 9.17) is 14.7 Å². The lowest BCUT2D eigenvalue weighted by Crippen LogP contribution is -1.95. The third kappa shape index (κ3) is 2.30. The lowest BCUT2D eigenvalue weighted by Gasteiger charge is -2.03. The summed E-state index contributed by atoms with van der Waals surface area (Å²) in [7, 11) is 0. The van der Waals surface area contributed by atoms with Crippen molar-refractivity contribution in [1.82, 2.24) is 5.16 Å². The number of nitrogen functional groups attached to an aromatic ring is 1. The summed E-state index contributed by atoms with van der Waals surface area (Å²) in [5.74, 6) is 0.622. The van der Waals surface area contributed by atoms with E-state index in [-0.39, 0.29) is 11.7 Å². The number of anilines is 1. The summed E-state index contributed by atoms with van der Waals surface area (Å²) < 4.78 is 24.2. The standard InChI is InChI=1S/C15H13FN2O2/c16-12-6-2-1-5-11(12)14-13(18-20-15(14)17)8-7-10-4-3-9-19-10/h1-6,9H,7-8,17H2. The van der Waals surface area contributed by atoms with Gasteiger partial charge in [0.1, 0.15) is 11.6 Å². The van der Waals surface area contributed by atoms with Crippen LogP contribution < -0.4 is 5.73 Å². The maximum absolute atomic E-state index is 13.9. The predicted octanol–water partition coefficient (Wildman–Crippen LogP) is 3.44. The third-order valence-corrected chi connectivity index (χ3v) is 3.12. The quantitative estimate of drug-likeness (QED) is 0.790. The molecule has 0 aliphatic rings. The lowest BCUT2D eigenvalue weighted by molar-refractivity contribution is 0.425. The molecule has 0 aliphatic carbocycles. The molecule has 5 heteroatoms. The Hall–Kier alpha value is -2.56. The van der Waals surface area contributed by atoms with Crippen molar-refractivity contribution < 1.29 is 13.3 Å². The molecule has 4 nitrogen and oxygen atoms in total. The first-order valence-corrected chi connectivity index (χ1v) is 6.27. The van der Waals surface area contributed by atoms with Gasteiger partial charge in [-0.15, -0.1) is 0 Å². The fraction of sp³-hybridized carbons (Fsp3) is 0.133. The summed E-state index contributed by atoms with van der Waals surface area (Å²) in [5, 5.41) is 3.92. The number of nitrogens with zero attached hydrogens (tertiary/aromatic N) is 1. The Bertz CT molecular complexity index is 704. The van der Waals surface area contributed by atoms with Crippen molar-refractivity contribution in [2.24, 2.45) is 0 Å². The van der Waals surface area contributed by atoms with Gasteiger partial charge in [0.05, 0.1) is 17.5 Å². The molecule has 1 aromatic carbocycles. The maximum atomic E-state index is 13.9. The van der Waals surface area contributed by atoms with Crippen molar-refractivity contribution in [3.05, 3.63) is 59.9 Å². The van der Waals surface area contributed by atoms with Crippen molar-refractivity contribution in [3.63, 3.8) is 0 Å². The predicted molar refractivity (Wildman–Crippen MR) is 72.4 cm³/mol. The van der Waals surface area contributed by atoms with Crippen molar-refractivity contribution in [1.29, 1.82) is 0 Å². The first kappa shape index (κ1) is 12.5. The number of nitrogens with two attached hydrogens (primary N) is 1. The van der Waals surface area contributed by atoms with E-state index in [2.05, 4.69) is 5.16 Å². The maximum Gasteiger partial charge on any atom is 0.230 e. The molecule has 0 fully saturated rings. The molecule has 0 amide bonds. The smallest absolute Gasteiger partial charge is 0.230 e. The van der Waals surface area contributed by atoms with Crippen LogP contribution in [0.15, 0.2) is 51.6 Å². The number of benzene rings is 1. The number of rotatable bonds is 4. The molecule has 3 aromatic rings. The van der Waals surface area contributed by atoms with E-state index < -0.39 is 0 Å². The van der Waals surface area contributed by atoms with Crippen LogP contribution >= 0.6 is 0 Å². The first-order valence-electron chi connectivity index (χ1n) is 6.27. The number of hydrogen-bond acceptors (Lipinski definition) is 4. The van der Waals surface area contributed by atoms with E-state index in [0.717, 1.165) is 5.76 Å². The zero-order valence-electron chi connectivity index (χ0n) is 10.7. The van der Waals surface area contributed by atoms with Gasteiger partial charge in [-0.3, -0.25) is 0 Å². The molecule has 3 rings (SSSR count). The zero-order chi connectivity index (χ0) is 13.9. The van der Waals surface area contributed by atoms with Crippen LogP contribution in [0.2, 0.25) is 0 Å². The molecule has 0 radical (unpaired) electrons. The Balaban J connectivity index is 1.92. The van der Waals surface area contributed by atoms with E-state index in [1.165, 1.54) is 6.07 Å². The van der Waals surface area contributed by atoms with E-state index >= 15 is 0 Å². The van der Waals surface area contributed by atoms with Crippen LogP contribution in [0.3, 0.4) is 0 Å². The van der Waals surface area contributed by atoms with Gasteiger partial charge in [-0.05, 0) is 18.2 Å². The Morgan fingerprint density at radius 1 is 1.10 bits per heavy atom. The van der Waals surface area contributed by atoms with Gasteiger partial charge in [0.25, 0.3) is 0 Å². The molecule has 0 bridgehead atoms. The van der Waals surface area contributed by atoms with Crippen LogP contribution in [0.5, 0.6) is 0 Å². The molecule has 0 atom stereocenters. The fourth-order valence-electron chi connectivity index (χ4n) is 2.16. The summed E-state index contributed by atoms with van der Waals surface area (Å²) >= 11 is 0. The molecule has 0 aliphatic heterocycles. The lowest BCUT2D eigenvalue weighted by atomic mass is 10.0. The number of aromatic nitrogens is 1. The molecule has 0 unspecified atom stereocenters. The van der Waals surface area contributed by atoms with Crippen LogP contribution in [-0.2, 0) is 12.8 Å². The zero-order valence-corrected chi connectivity index (χ0v) is 10.7. The highest BCUT2D eigenvalue weighted by Crippen LogP contribution is 2.32. The van der Waals surface area contributed by atoms with Gasteiger partial charge in [0, 0.05) is 18.4 Å². The summed E-state index contributed by atoms with van der Waals surface area (Å²) in [5.41, 5.74) is 7.33. The average Bonchev–Trinajstić information content (AvgIpc) is 3.07. The first-order chi connectivity index (χ1) is 9.75. The van der Waals surface area contributed by atoms with Crippen molar-refractivity contribution in [3.8, 4) is 11.1 Å². The van der Waals surface area contributed by atoms with Crippen LogP contribution in [0.4, 0.5) is 10.3 Å². The molecular weight excluding hydrogens is 259 g/mol. The molecule has 0 saturated carbocycles. The highest BCUT2D eigenvalue weighted by Gasteiger charge is 2.18. The number of halogens is 1. The summed E-state index contributed by atoms with van der Waals surface area (Å²) in [4.78, 5) is 0. The van der Waals surface area contributed by atoms with E-state index in [9.17, 15) is 4.39 Å². The third-order valence-electron chi connectivity index (χ3n) is 3.12. The number of aryl methyl sites for hydroxylation is 2. The largest absolute Gasteiger partial charge is 0.469 e. The fourth-order valence-corrected chi connectivity index (χ4v) is 2.16. The van der Waals surface area contributed by atoms with Gasteiger partial charge in [-0.1, -0.05) is 23.4 Å². The van der Waals surface area contributed by atoms with E-state index in [0.29, 0.717) is 29.7 Å². The second kappa shape index (κ2) is 5.21. The van der Waals surface area contributed by atoms with Crippen LogP contribution in [-0.4, -0.2) is 5.16 Å². The van der Waals surface area contributed by atoms with Crippen molar-refractivity contribution in [2.45, 2.75) is 12.8 Å². The minimum atomic E-state index is -0.346. The molecular formula is C15H13FN2O2. The van der Waals surface area contributed by atoms with Crippen LogP contribution in [0.25, 0.3) is 11.1 Å². The van der Waals surface area contributed by atoms with Gasteiger partial charge in [-0.25, -0.2) is 4.39 Å². The van der Waals surface area contributed by atoms with Crippen molar-refractivity contribution >= 4 is 5.88 Å². The highest BCUT2D eigenvalue weighted by molar-refractivity contribution is 5.75. The molecule has 2 heterocycles. The van der Waals surface area contributed by atoms with Crippen LogP contribution in [0.1, 0.15) is 11.5 Å². The number of furan rings is 1. The summed E-state index contributed by atoms with van der Waals surface area (Å²) in [6.45, 7) is 0. The Morgan fingerprint density at radius 2 is 1.95 bits per heavy atom. The van der Waals surface area contributed by atoms with Crippen molar-refractivity contribution in [2.75, 3.05) is 5.73 Å². The topological polar surface area (TPSA) is 65.2 Å². The Labute approximate surface area is 115 Å². The molecule has 0 spiro atoms. The second-order valence-corrected chi connectivity index (χ2v) is 4.43. The van der Waals surface area contributed by atoms with Gasteiger partial charge in [0.2, 0.25) is 5.88 Å². The SMILES string of the molecule is Nc1onc(CCc2ccco2)c1-c1ccccc1F. The molecule has 2 N–H and O–H groups in total. The minimum Gasteiger partial charge on any atom is -0.469 e. The Morgan fingerprint density at radius 3 is 2.70 bits per heavy atom. The minimum absolute atomic E-state index is 0.129. The summed E-state index contributed by atoms with van der Waals surface area (Å²) in [6, 6.07) is 10.1. The highest BCUT2D eigenvalue weighted by atomic mass is 19.1. The average molecular weight is 272 g/mol. The van der Waals surface area contributed by atoms with E-state index in [1.54, 1.807) is 24.5 Å². The Kier molecular flexibility index (Phi) is 3.25. The molecule has 20 heavy (non-hydrogen) atoms. The number of hydrogen-bond donors (Lipinski definition) is 1. The normalized spacial score (nSPS) is 10.8. The molecule has 2 aromatic heterocycles. The second-order valence-electron chi connectivity index (χ2n) is 4.43. The van der Waals surface area contributed by atoms with Gasteiger partial charge < -0.3 is 14.7 Å². The van der Waals surface area contributed by atoms with Gasteiger partial charge in [0.15, 0.2) is 0 Å². The molecule has 0 saturated heterocycles. The van der Waals surface area contributed by atoms with Gasteiger partial charge in [-0.2, -0.15) is 0 Å². The van der Waals surface area contributed by atoms with Gasteiger partial charge >= 0.3 is 0 Å². The molecule has 102 valence electrons. The monoisotopic (exact) mass is 272 g/mol.